The van der Waals surface area contributed by atoms with Crippen LogP contribution in [0.15, 0.2) is 48.7 Å². The number of amides is 1. The number of likely N-dealkylation sites (N-methyl/N-ethyl adjacent to an activating group) is 1. The van der Waals surface area contributed by atoms with Gasteiger partial charge in [0, 0.05) is 57.3 Å². The number of halogens is 1. The molecular formula is C17H22ClN3O. The van der Waals surface area contributed by atoms with Crippen molar-refractivity contribution < 1.29 is 4.79 Å². The molecule has 1 aromatic heterocycles. The summed E-state index contributed by atoms with van der Waals surface area (Å²) < 4.78 is 0. The SMILES string of the molecule is CN(CCc1ccccn1)C(=O)c1cccc(N(C)C)c1.Cl. The van der Waals surface area contributed by atoms with E-state index >= 15 is 0 Å². The van der Waals surface area contributed by atoms with E-state index in [2.05, 4.69) is 4.98 Å². The summed E-state index contributed by atoms with van der Waals surface area (Å²) >= 11 is 0. The molecule has 1 heterocycles. The van der Waals surface area contributed by atoms with E-state index in [1.54, 1.807) is 11.1 Å². The van der Waals surface area contributed by atoms with Gasteiger partial charge < -0.3 is 9.80 Å². The number of hydrogen-bond acceptors (Lipinski definition) is 3. The second-order valence-corrected chi connectivity index (χ2v) is 5.24. The van der Waals surface area contributed by atoms with Gasteiger partial charge in [-0.3, -0.25) is 9.78 Å². The van der Waals surface area contributed by atoms with Gasteiger partial charge in [0.05, 0.1) is 0 Å². The first-order chi connectivity index (χ1) is 10.1. The van der Waals surface area contributed by atoms with Gasteiger partial charge in [0.15, 0.2) is 0 Å². The summed E-state index contributed by atoms with van der Waals surface area (Å²) in [5, 5.41) is 0. The summed E-state index contributed by atoms with van der Waals surface area (Å²) in [6.45, 7) is 0.655. The lowest BCUT2D eigenvalue weighted by molar-refractivity contribution is 0.0796. The van der Waals surface area contributed by atoms with Crippen LogP contribution in [0.3, 0.4) is 0 Å². The maximum Gasteiger partial charge on any atom is 0.253 e. The zero-order chi connectivity index (χ0) is 15.2. The molecule has 2 rings (SSSR count). The lowest BCUT2D eigenvalue weighted by Crippen LogP contribution is -2.29. The van der Waals surface area contributed by atoms with Crippen molar-refractivity contribution in [2.45, 2.75) is 6.42 Å². The van der Waals surface area contributed by atoms with Crippen LogP contribution in [0.25, 0.3) is 0 Å². The van der Waals surface area contributed by atoms with Crippen molar-refractivity contribution in [1.82, 2.24) is 9.88 Å². The Balaban J connectivity index is 0.00000242. The Kier molecular flexibility index (Phi) is 6.86. The molecule has 0 aliphatic rings. The molecule has 0 fully saturated rings. The maximum absolute atomic E-state index is 12.4. The van der Waals surface area contributed by atoms with Crippen molar-refractivity contribution in [3.63, 3.8) is 0 Å². The molecule has 0 radical (unpaired) electrons. The number of anilines is 1. The normalized spacial score (nSPS) is 9.77. The minimum absolute atomic E-state index is 0. The number of carbonyl (C=O) groups is 1. The highest BCUT2D eigenvalue weighted by molar-refractivity contribution is 5.95. The van der Waals surface area contributed by atoms with Crippen LogP contribution in [0.1, 0.15) is 16.1 Å². The molecule has 0 saturated heterocycles. The summed E-state index contributed by atoms with van der Waals surface area (Å²) in [7, 11) is 5.76. The Hall–Kier alpha value is -2.07. The fourth-order valence-corrected chi connectivity index (χ4v) is 2.07. The molecule has 118 valence electrons. The van der Waals surface area contributed by atoms with Crippen molar-refractivity contribution in [3.8, 4) is 0 Å². The van der Waals surface area contributed by atoms with Gasteiger partial charge in [-0.25, -0.2) is 0 Å². The van der Waals surface area contributed by atoms with E-state index in [1.165, 1.54) is 0 Å². The molecule has 0 atom stereocenters. The van der Waals surface area contributed by atoms with Crippen molar-refractivity contribution >= 4 is 24.0 Å². The van der Waals surface area contributed by atoms with Crippen LogP contribution in [0.5, 0.6) is 0 Å². The van der Waals surface area contributed by atoms with Gasteiger partial charge in [0.1, 0.15) is 0 Å². The van der Waals surface area contributed by atoms with Gasteiger partial charge >= 0.3 is 0 Å². The van der Waals surface area contributed by atoms with Crippen LogP contribution in [-0.4, -0.2) is 43.5 Å². The molecular weight excluding hydrogens is 298 g/mol. The monoisotopic (exact) mass is 319 g/mol. The van der Waals surface area contributed by atoms with Crippen molar-refractivity contribution in [3.05, 3.63) is 59.9 Å². The summed E-state index contributed by atoms with van der Waals surface area (Å²) in [4.78, 5) is 20.4. The third kappa shape index (κ3) is 4.74. The smallest absolute Gasteiger partial charge is 0.253 e. The van der Waals surface area contributed by atoms with Crippen molar-refractivity contribution in [2.24, 2.45) is 0 Å². The average molecular weight is 320 g/mol. The molecule has 4 nitrogen and oxygen atoms in total. The van der Waals surface area contributed by atoms with E-state index in [9.17, 15) is 4.79 Å². The molecule has 0 bridgehead atoms. The van der Waals surface area contributed by atoms with E-state index in [0.717, 1.165) is 17.8 Å². The number of carbonyl (C=O) groups excluding carboxylic acids is 1. The van der Waals surface area contributed by atoms with E-state index in [1.807, 2.05) is 68.5 Å². The molecule has 0 saturated carbocycles. The molecule has 0 aliphatic carbocycles. The predicted molar refractivity (Wildman–Crippen MR) is 92.9 cm³/mol. The first-order valence-electron chi connectivity index (χ1n) is 7.00. The zero-order valence-corrected chi connectivity index (χ0v) is 14.0. The van der Waals surface area contributed by atoms with E-state index in [0.29, 0.717) is 12.1 Å². The number of aromatic nitrogens is 1. The number of benzene rings is 1. The highest BCUT2D eigenvalue weighted by Crippen LogP contribution is 2.14. The van der Waals surface area contributed by atoms with Crippen molar-refractivity contribution in [2.75, 3.05) is 32.6 Å². The van der Waals surface area contributed by atoms with E-state index in [4.69, 9.17) is 0 Å². The Morgan fingerprint density at radius 2 is 1.86 bits per heavy atom. The van der Waals surface area contributed by atoms with Crippen LogP contribution >= 0.6 is 12.4 Å². The van der Waals surface area contributed by atoms with Gasteiger partial charge in [-0.1, -0.05) is 12.1 Å². The van der Waals surface area contributed by atoms with Crippen LogP contribution < -0.4 is 4.90 Å². The molecule has 0 unspecified atom stereocenters. The maximum atomic E-state index is 12.4. The van der Waals surface area contributed by atoms with Gasteiger partial charge in [0.25, 0.3) is 5.91 Å². The van der Waals surface area contributed by atoms with Crippen LogP contribution in [0.4, 0.5) is 5.69 Å². The molecule has 1 aromatic carbocycles. The first kappa shape index (κ1) is 18.0. The molecule has 2 aromatic rings. The second kappa shape index (κ2) is 8.39. The van der Waals surface area contributed by atoms with Crippen molar-refractivity contribution in [1.29, 1.82) is 0 Å². The summed E-state index contributed by atoms with van der Waals surface area (Å²) in [5.41, 5.74) is 2.74. The highest BCUT2D eigenvalue weighted by atomic mass is 35.5. The number of pyridine rings is 1. The minimum Gasteiger partial charge on any atom is -0.378 e. The van der Waals surface area contributed by atoms with Crippen LogP contribution in [0.2, 0.25) is 0 Å². The molecule has 1 amide bonds. The van der Waals surface area contributed by atoms with Gasteiger partial charge in [0.2, 0.25) is 0 Å². The standard InChI is InChI=1S/C17H21N3O.ClH/c1-19(2)16-9-6-7-14(13-16)17(21)20(3)12-10-15-8-4-5-11-18-15;/h4-9,11,13H,10,12H2,1-3H3;1H. The van der Waals surface area contributed by atoms with Gasteiger partial charge in [-0.15, -0.1) is 12.4 Å². The van der Waals surface area contributed by atoms with E-state index in [-0.39, 0.29) is 18.3 Å². The summed E-state index contributed by atoms with van der Waals surface area (Å²) in [6, 6.07) is 13.5. The average Bonchev–Trinajstić information content (AvgIpc) is 2.53. The van der Waals surface area contributed by atoms with Gasteiger partial charge in [-0.2, -0.15) is 0 Å². The number of hydrogen-bond donors (Lipinski definition) is 0. The minimum atomic E-state index is 0. The second-order valence-electron chi connectivity index (χ2n) is 5.24. The Labute approximate surface area is 138 Å². The van der Waals surface area contributed by atoms with E-state index < -0.39 is 0 Å². The fourth-order valence-electron chi connectivity index (χ4n) is 2.07. The third-order valence-electron chi connectivity index (χ3n) is 3.39. The first-order valence-corrected chi connectivity index (χ1v) is 7.00. The molecule has 0 spiro atoms. The van der Waals surface area contributed by atoms with Crippen LogP contribution in [0, 0.1) is 0 Å². The Bertz CT molecular complexity index is 602. The zero-order valence-electron chi connectivity index (χ0n) is 13.2. The number of rotatable bonds is 5. The topological polar surface area (TPSA) is 36.4 Å². The fraction of sp³-hybridized carbons (Fsp3) is 0.294. The highest BCUT2D eigenvalue weighted by Gasteiger charge is 2.12. The Morgan fingerprint density at radius 3 is 2.50 bits per heavy atom. The van der Waals surface area contributed by atoms with Crippen LogP contribution in [-0.2, 0) is 6.42 Å². The third-order valence-corrected chi connectivity index (χ3v) is 3.39. The molecule has 5 heteroatoms. The largest absolute Gasteiger partial charge is 0.378 e. The predicted octanol–water partition coefficient (Wildman–Crippen LogP) is 2.88. The quantitative estimate of drug-likeness (QED) is 0.850. The molecule has 0 N–H and O–H groups in total. The number of nitrogens with zero attached hydrogens (tertiary/aromatic N) is 3. The van der Waals surface area contributed by atoms with Gasteiger partial charge in [-0.05, 0) is 30.3 Å². The summed E-state index contributed by atoms with van der Waals surface area (Å²) in [6.07, 6.45) is 2.54. The lowest BCUT2D eigenvalue weighted by Gasteiger charge is -2.18. The molecule has 0 aliphatic heterocycles. The molecule has 22 heavy (non-hydrogen) atoms. The summed E-state index contributed by atoms with van der Waals surface area (Å²) in [5.74, 6) is 0.0367. The Morgan fingerprint density at radius 1 is 1.09 bits per heavy atom. The lowest BCUT2D eigenvalue weighted by atomic mass is 10.1.